The Bertz CT molecular complexity index is 678. The van der Waals surface area contributed by atoms with Gasteiger partial charge in [0, 0.05) is 30.9 Å². The number of ether oxygens (including phenoxy) is 1. The van der Waals surface area contributed by atoms with Gasteiger partial charge in [0.05, 0.1) is 12.4 Å². The van der Waals surface area contributed by atoms with Crippen LogP contribution in [-0.4, -0.2) is 52.6 Å². The zero-order chi connectivity index (χ0) is 18.9. The normalized spacial score (nSPS) is 13.4. The van der Waals surface area contributed by atoms with E-state index in [1.165, 1.54) is 6.26 Å². The molecule has 0 saturated heterocycles. The molecule has 142 valence electrons. The Kier molecular flexibility index (Phi) is 9.06. The number of benzene rings is 1. The average Bonchev–Trinajstić information content (AvgIpc) is 2.52. The van der Waals surface area contributed by atoms with Crippen LogP contribution >= 0.6 is 11.6 Å². The van der Waals surface area contributed by atoms with Crippen LogP contribution in [0.5, 0.6) is 5.75 Å². The molecule has 0 aliphatic rings. The van der Waals surface area contributed by atoms with Crippen molar-refractivity contribution in [1.29, 1.82) is 0 Å². The molecule has 1 aromatic rings. The maximum Gasteiger partial charge on any atom is 0.191 e. The van der Waals surface area contributed by atoms with Crippen LogP contribution in [0.1, 0.15) is 25.3 Å². The molecule has 1 aromatic carbocycles. The largest absolute Gasteiger partial charge is 0.493 e. The monoisotopic (exact) mass is 389 g/mol. The summed E-state index contributed by atoms with van der Waals surface area (Å²) in [6.45, 7) is 5.18. The lowest BCUT2D eigenvalue weighted by atomic mass is 10.2. The third kappa shape index (κ3) is 9.55. The second-order valence-corrected chi connectivity index (χ2v) is 8.77. The molecule has 0 amide bonds. The minimum Gasteiger partial charge on any atom is -0.493 e. The molecule has 0 aromatic heterocycles. The zero-order valence-electron chi connectivity index (χ0n) is 15.3. The molecule has 2 N–H and O–H groups in total. The number of halogens is 1. The van der Waals surface area contributed by atoms with Gasteiger partial charge in [-0.05, 0) is 50.5 Å². The first-order valence-electron chi connectivity index (χ1n) is 8.25. The van der Waals surface area contributed by atoms with Gasteiger partial charge in [-0.15, -0.1) is 0 Å². The number of rotatable bonds is 9. The molecule has 6 nitrogen and oxygen atoms in total. The Hall–Kier alpha value is -1.47. The van der Waals surface area contributed by atoms with E-state index in [0.29, 0.717) is 30.6 Å². The summed E-state index contributed by atoms with van der Waals surface area (Å²) in [5.74, 6) is 1.65. The van der Waals surface area contributed by atoms with Crippen molar-refractivity contribution < 1.29 is 13.2 Å². The summed E-state index contributed by atoms with van der Waals surface area (Å²) < 4.78 is 28.1. The number of nitrogens with one attached hydrogen (secondary N) is 2. The van der Waals surface area contributed by atoms with Gasteiger partial charge in [0.25, 0.3) is 0 Å². The van der Waals surface area contributed by atoms with Gasteiger partial charge in [-0.25, -0.2) is 8.42 Å². The number of sulfone groups is 1. The van der Waals surface area contributed by atoms with Gasteiger partial charge in [0.15, 0.2) is 5.96 Å². The van der Waals surface area contributed by atoms with Crippen LogP contribution in [0.15, 0.2) is 23.2 Å². The van der Waals surface area contributed by atoms with Gasteiger partial charge in [-0.2, -0.15) is 0 Å². The number of nitrogens with zero attached hydrogens (tertiary/aromatic N) is 1. The molecule has 8 heteroatoms. The van der Waals surface area contributed by atoms with Crippen LogP contribution in [0, 0.1) is 6.92 Å². The summed E-state index contributed by atoms with van der Waals surface area (Å²) in [5, 5.41) is 7.08. The Morgan fingerprint density at radius 1 is 1.40 bits per heavy atom. The lowest BCUT2D eigenvalue weighted by Gasteiger charge is -2.17. The fourth-order valence-electron chi connectivity index (χ4n) is 2.13. The van der Waals surface area contributed by atoms with Crippen molar-refractivity contribution in [3.8, 4) is 5.75 Å². The second kappa shape index (κ2) is 10.5. The fourth-order valence-corrected chi connectivity index (χ4v) is 3.14. The molecule has 0 fully saturated rings. The van der Waals surface area contributed by atoms with Crippen molar-refractivity contribution >= 4 is 27.4 Å². The third-order valence-corrected chi connectivity index (χ3v) is 4.75. The SMILES string of the molecule is CN=C(NCCCOc1ccc(Cl)cc1C)NC(C)CCS(C)(=O)=O. The molecule has 1 atom stereocenters. The Labute approximate surface area is 155 Å². The van der Waals surface area contributed by atoms with Crippen LogP contribution in [0.4, 0.5) is 0 Å². The van der Waals surface area contributed by atoms with Crippen molar-refractivity contribution in [2.45, 2.75) is 32.7 Å². The first-order valence-corrected chi connectivity index (χ1v) is 10.7. The molecule has 1 rings (SSSR count). The Balaban J connectivity index is 2.26. The highest BCUT2D eigenvalue weighted by Gasteiger charge is 2.09. The maximum atomic E-state index is 11.2. The molecule has 0 aliphatic carbocycles. The third-order valence-electron chi connectivity index (χ3n) is 3.54. The van der Waals surface area contributed by atoms with E-state index < -0.39 is 9.84 Å². The van der Waals surface area contributed by atoms with Gasteiger partial charge in [0.1, 0.15) is 15.6 Å². The first-order chi connectivity index (χ1) is 11.7. The minimum atomic E-state index is -2.94. The first kappa shape index (κ1) is 21.6. The number of hydrogen-bond acceptors (Lipinski definition) is 4. The van der Waals surface area contributed by atoms with Gasteiger partial charge in [-0.3, -0.25) is 4.99 Å². The molecular weight excluding hydrogens is 362 g/mol. The summed E-state index contributed by atoms with van der Waals surface area (Å²) in [6, 6.07) is 5.58. The molecule has 0 spiro atoms. The molecule has 25 heavy (non-hydrogen) atoms. The van der Waals surface area contributed by atoms with Gasteiger partial charge >= 0.3 is 0 Å². The van der Waals surface area contributed by atoms with E-state index in [1.807, 2.05) is 32.0 Å². The number of guanidine groups is 1. The highest BCUT2D eigenvalue weighted by molar-refractivity contribution is 7.90. The predicted molar refractivity (Wildman–Crippen MR) is 105 cm³/mol. The molecule has 1 unspecified atom stereocenters. The van der Waals surface area contributed by atoms with E-state index in [2.05, 4.69) is 15.6 Å². The second-order valence-electron chi connectivity index (χ2n) is 6.07. The topological polar surface area (TPSA) is 79.8 Å². The summed E-state index contributed by atoms with van der Waals surface area (Å²) >= 11 is 5.92. The van der Waals surface area contributed by atoms with E-state index in [-0.39, 0.29) is 11.8 Å². The van der Waals surface area contributed by atoms with Gasteiger partial charge < -0.3 is 15.4 Å². The molecule has 0 saturated carbocycles. The fraction of sp³-hybridized carbons (Fsp3) is 0.588. The van der Waals surface area contributed by atoms with Crippen molar-refractivity contribution in [3.05, 3.63) is 28.8 Å². The molecule has 0 bridgehead atoms. The van der Waals surface area contributed by atoms with Crippen LogP contribution in [0.3, 0.4) is 0 Å². The van der Waals surface area contributed by atoms with E-state index in [9.17, 15) is 8.42 Å². The quantitative estimate of drug-likeness (QED) is 0.385. The van der Waals surface area contributed by atoms with Crippen LogP contribution in [-0.2, 0) is 9.84 Å². The van der Waals surface area contributed by atoms with Crippen LogP contribution in [0.25, 0.3) is 0 Å². The lowest BCUT2D eigenvalue weighted by Crippen LogP contribution is -2.43. The molecule has 0 heterocycles. The van der Waals surface area contributed by atoms with Gasteiger partial charge in [-0.1, -0.05) is 11.6 Å². The van der Waals surface area contributed by atoms with Crippen LogP contribution in [0.2, 0.25) is 5.02 Å². The smallest absolute Gasteiger partial charge is 0.191 e. The van der Waals surface area contributed by atoms with E-state index in [4.69, 9.17) is 16.3 Å². The molecular formula is C17H28ClN3O3S. The van der Waals surface area contributed by atoms with Crippen LogP contribution < -0.4 is 15.4 Å². The summed E-state index contributed by atoms with van der Waals surface area (Å²) in [5.41, 5.74) is 1.01. The highest BCUT2D eigenvalue weighted by atomic mass is 35.5. The average molecular weight is 390 g/mol. The minimum absolute atomic E-state index is 0.0221. The van der Waals surface area contributed by atoms with Crippen molar-refractivity contribution in [1.82, 2.24) is 10.6 Å². The number of aryl methyl sites for hydroxylation is 1. The number of hydrogen-bond donors (Lipinski definition) is 2. The lowest BCUT2D eigenvalue weighted by molar-refractivity contribution is 0.309. The molecule has 0 aliphatic heterocycles. The predicted octanol–water partition coefficient (Wildman–Crippen LogP) is 2.41. The van der Waals surface area contributed by atoms with Gasteiger partial charge in [0.2, 0.25) is 0 Å². The highest BCUT2D eigenvalue weighted by Crippen LogP contribution is 2.21. The summed E-state index contributed by atoms with van der Waals surface area (Å²) in [4.78, 5) is 4.14. The Morgan fingerprint density at radius 2 is 2.12 bits per heavy atom. The van der Waals surface area contributed by atoms with E-state index in [1.54, 1.807) is 7.05 Å². The number of aliphatic imine (C=N–C) groups is 1. The van der Waals surface area contributed by atoms with Crippen molar-refractivity contribution in [3.63, 3.8) is 0 Å². The Morgan fingerprint density at radius 3 is 2.72 bits per heavy atom. The summed E-state index contributed by atoms with van der Waals surface area (Å²) in [6.07, 6.45) is 2.59. The van der Waals surface area contributed by atoms with Crippen molar-refractivity contribution in [2.75, 3.05) is 32.2 Å². The van der Waals surface area contributed by atoms with E-state index >= 15 is 0 Å². The molecule has 0 radical (unpaired) electrons. The van der Waals surface area contributed by atoms with E-state index in [0.717, 1.165) is 17.7 Å². The standard InChI is InChI=1S/C17H28ClN3O3S/c1-13-12-15(18)6-7-16(13)24-10-5-9-20-17(19-3)21-14(2)8-11-25(4,22)23/h6-7,12,14H,5,8-11H2,1-4H3,(H2,19,20,21). The zero-order valence-corrected chi connectivity index (χ0v) is 16.9. The summed E-state index contributed by atoms with van der Waals surface area (Å²) in [7, 11) is -1.26. The van der Waals surface area contributed by atoms with Crippen molar-refractivity contribution in [2.24, 2.45) is 4.99 Å². The maximum absolute atomic E-state index is 11.2.